The Hall–Kier alpha value is -3.88. The van der Waals surface area contributed by atoms with Crippen molar-refractivity contribution < 1.29 is 9.85 Å². The van der Waals surface area contributed by atoms with Crippen molar-refractivity contribution in [2.75, 3.05) is 5.32 Å². The monoisotopic (exact) mass is 365 g/mol. The van der Waals surface area contributed by atoms with E-state index in [2.05, 4.69) is 15.3 Å². The molecule has 2 aromatic heterocycles. The molecule has 0 unspecified atom stereocenters. The van der Waals surface area contributed by atoms with Gasteiger partial charge in [0.2, 0.25) is 0 Å². The molecule has 0 amide bonds. The number of benzene rings is 1. The van der Waals surface area contributed by atoms with E-state index in [1.165, 1.54) is 18.3 Å². The molecular weight excluding hydrogens is 350 g/mol. The average molecular weight is 365 g/mol. The molecule has 0 aliphatic rings. The number of nitrogens with one attached hydrogen (secondary N) is 1. The molecule has 1 aromatic carbocycles. The fraction of sp³-hybridized carbons (Fsp3) is 0.111. The summed E-state index contributed by atoms with van der Waals surface area (Å²) in [5, 5.41) is 26.1. The first-order valence-corrected chi connectivity index (χ1v) is 8.04. The van der Waals surface area contributed by atoms with Crippen LogP contribution < -0.4 is 5.32 Å². The molecule has 0 radical (unpaired) electrons. The maximum atomic E-state index is 11.7. The molecule has 27 heavy (non-hydrogen) atoms. The maximum Gasteiger partial charge on any atom is 0.302 e. The summed E-state index contributed by atoms with van der Waals surface area (Å²) >= 11 is 0. The smallest absolute Gasteiger partial charge is 0.302 e. The fourth-order valence-electron chi connectivity index (χ4n) is 2.69. The number of nitro benzene ring substituents is 2. The lowest BCUT2D eigenvalue weighted by Gasteiger charge is -2.10. The van der Waals surface area contributed by atoms with Gasteiger partial charge in [0, 0.05) is 30.6 Å². The van der Waals surface area contributed by atoms with Gasteiger partial charge in [0.05, 0.1) is 22.1 Å². The number of aromatic nitrogens is 2. The molecule has 0 aliphatic carbocycles. The average Bonchev–Trinajstić information content (AvgIpc) is 2.67. The van der Waals surface area contributed by atoms with Crippen LogP contribution in [0.4, 0.5) is 17.1 Å². The molecule has 2 heterocycles. The number of nitro groups is 2. The zero-order chi connectivity index (χ0) is 19.2. The van der Waals surface area contributed by atoms with E-state index in [4.69, 9.17) is 0 Å². The van der Waals surface area contributed by atoms with E-state index >= 15 is 0 Å². The lowest BCUT2D eigenvalue weighted by molar-refractivity contribution is -0.394. The summed E-state index contributed by atoms with van der Waals surface area (Å²) in [4.78, 5) is 30.2. The van der Waals surface area contributed by atoms with Crippen LogP contribution >= 0.6 is 0 Å². The quantitative estimate of drug-likeness (QED) is 0.502. The van der Waals surface area contributed by atoms with Crippen molar-refractivity contribution in [2.24, 2.45) is 0 Å². The Bertz CT molecular complexity index is 964. The van der Waals surface area contributed by atoms with Crippen LogP contribution in [0.5, 0.6) is 0 Å². The van der Waals surface area contributed by atoms with Gasteiger partial charge in [-0.2, -0.15) is 0 Å². The highest BCUT2D eigenvalue weighted by Gasteiger charge is 2.29. The Morgan fingerprint density at radius 1 is 0.852 bits per heavy atom. The summed E-state index contributed by atoms with van der Waals surface area (Å²) in [7, 11) is 0. The van der Waals surface area contributed by atoms with Crippen LogP contribution in [-0.4, -0.2) is 19.8 Å². The predicted octanol–water partition coefficient (Wildman–Crippen LogP) is 3.50. The van der Waals surface area contributed by atoms with Crippen LogP contribution in [0.15, 0.2) is 60.9 Å². The molecule has 0 saturated heterocycles. The zero-order valence-corrected chi connectivity index (χ0v) is 14.1. The Morgan fingerprint density at radius 2 is 1.52 bits per heavy atom. The van der Waals surface area contributed by atoms with Crippen LogP contribution in [0.25, 0.3) is 0 Å². The van der Waals surface area contributed by atoms with E-state index in [9.17, 15) is 20.2 Å². The number of nitrogens with zero attached hydrogens (tertiary/aromatic N) is 4. The molecule has 0 spiro atoms. The van der Waals surface area contributed by atoms with Gasteiger partial charge in [0.1, 0.15) is 11.3 Å². The van der Waals surface area contributed by atoms with Crippen molar-refractivity contribution >= 4 is 17.1 Å². The minimum absolute atomic E-state index is 0.00900. The number of pyridine rings is 2. The van der Waals surface area contributed by atoms with Crippen molar-refractivity contribution in [3.63, 3.8) is 0 Å². The molecule has 3 aromatic rings. The van der Waals surface area contributed by atoms with Gasteiger partial charge in [-0.3, -0.25) is 30.2 Å². The van der Waals surface area contributed by atoms with Gasteiger partial charge in [-0.1, -0.05) is 12.1 Å². The number of rotatable bonds is 7. The highest BCUT2D eigenvalue weighted by molar-refractivity contribution is 5.71. The standard InChI is InChI=1S/C18H15N5O4/c24-22(25)17-8-7-16(21-12-14-6-2-4-10-20-14)18(23(26)27)15(17)11-13-5-1-3-9-19-13/h1-10,21H,11-12H2. The number of hydrogen-bond donors (Lipinski definition) is 1. The van der Waals surface area contributed by atoms with Crippen molar-refractivity contribution in [3.05, 3.63) is 98.1 Å². The molecule has 1 N–H and O–H groups in total. The lowest BCUT2D eigenvalue weighted by Crippen LogP contribution is -2.08. The molecule has 3 rings (SSSR count). The van der Waals surface area contributed by atoms with Crippen LogP contribution in [0.2, 0.25) is 0 Å². The van der Waals surface area contributed by atoms with Crippen molar-refractivity contribution in [2.45, 2.75) is 13.0 Å². The van der Waals surface area contributed by atoms with Crippen molar-refractivity contribution in [1.29, 1.82) is 0 Å². The second kappa shape index (κ2) is 8.00. The van der Waals surface area contributed by atoms with Gasteiger partial charge in [0.15, 0.2) is 0 Å². The molecular formula is C18H15N5O4. The van der Waals surface area contributed by atoms with Gasteiger partial charge in [-0.25, -0.2) is 0 Å². The lowest BCUT2D eigenvalue weighted by atomic mass is 10.0. The molecule has 0 fully saturated rings. The van der Waals surface area contributed by atoms with Gasteiger partial charge in [-0.05, 0) is 30.3 Å². The van der Waals surface area contributed by atoms with Crippen molar-refractivity contribution in [1.82, 2.24) is 9.97 Å². The summed E-state index contributed by atoms with van der Waals surface area (Å²) in [6, 6.07) is 13.1. The molecule has 0 bridgehead atoms. The highest BCUT2D eigenvalue weighted by Crippen LogP contribution is 2.37. The predicted molar refractivity (Wildman–Crippen MR) is 98.4 cm³/mol. The molecule has 0 aliphatic heterocycles. The summed E-state index contributed by atoms with van der Waals surface area (Å²) in [6.45, 7) is 0.252. The minimum Gasteiger partial charge on any atom is -0.374 e. The number of hydrogen-bond acceptors (Lipinski definition) is 7. The molecule has 9 heteroatoms. The third kappa shape index (κ3) is 4.21. The Kier molecular flexibility index (Phi) is 5.31. The van der Waals surface area contributed by atoms with Gasteiger partial charge >= 0.3 is 5.69 Å². The van der Waals surface area contributed by atoms with Gasteiger partial charge in [-0.15, -0.1) is 0 Å². The van der Waals surface area contributed by atoms with E-state index in [0.29, 0.717) is 11.4 Å². The first-order valence-electron chi connectivity index (χ1n) is 8.04. The van der Waals surface area contributed by atoms with E-state index in [-0.39, 0.29) is 35.6 Å². The second-order valence-corrected chi connectivity index (χ2v) is 5.65. The Morgan fingerprint density at radius 3 is 2.07 bits per heavy atom. The van der Waals surface area contributed by atoms with E-state index in [1.807, 2.05) is 0 Å². The highest BCUT2D eigenvalue weighted by atomic mass is 16.6. The number of anilines is 1. The zero-order valence-electron chi connectivity index (χ0n) is 14.1. The summed E-state index contributed by atoms with van der Waals surface area (Å²) in [5.74, 6) is 0. The minimum atomic E-state index is -0.617. The molecule has 136 valence electrons. The van der Waals surface area contributed by atoms with E-state index in [0.717, 1.165) is 0 Å². The molecule has 9 nitrogen and oxygen atoms in total. The Balaban J connectivity index is 2.02. The molecule has 0 atom stereocenters. The first kappa shape index (κ1) is 17.9. The fourth-order valence-corrected chi connectivity index (χ4v) is 2.69. The first-order chi connectivity index (χ1) is 13.1. The third-order valence-corrected chi connectivity index (χ3v) is 3.91. The normalized spacial score (nSPS) is 10.4. The summed E-state index contributed by atoms with van der Waals surface area (Å²) in [5.41, 5.74) is 0.764. The van der Waals surface area contributed by atoms with Crippen LogP contribution in [0, 0.1) is 20.2 Å². The summed E-state index contributed by atoms with van der Waals surface area (Å²) in [6.07, 6.45) is 3.14. The van der Waals surface area contributed by atoms with Crippen LogP contribution in [0.1, 0.15) is 17.0 Å². The van der Waals surface area contributed by atoms with Crippen LogP contribution in [0.3, 0.4) is 0 Å². The van der Waals surface area contributed by atoms with Gasteiger partial charge < -0.3 is 5.32 Å². The second-order valence-electron chi connectivity index (χ2n) is 5.65. The van der Waals surface area contributed by atoms with E-state index in [1.54, 1.807) is 42.6 Å². The van der Waals surface area contributed by atoms with E-state index < -0.39 is 9.85 Å². The molecule has 0 saturated carbocycles. The van der Waals surface area contributed by atoms with Gasteiger partial charge in [0.25, 0.3) is 5.69 Å². The van der Waals surface area contributed by atoms with Crippen molar-refractivity contribution in [3.8, 4) is 0 Å². The third-order valence-electron chi connectivity index (χ3n) is 3.91. The topological polar surface area (TPSA) is 124 Å². The SMILES string of the molecule is O=[N+]([O-])c1ccc(NCc2ccccn2)c([N+](=O)[O-])c1Cc1ccccn1. The summed E-state index contributed by atoms with van der Waals surface area (Å²) < 4.78 is 0. The van der Waals surface area contributed by atoms with Crippen LogP contribution in [-0.2, 0) is 13.0 Å². The Labute approximate surface area is 154 Å². The largest absolute Gasteiger partial charge is 0.374 e. The maximum absolute atomic E-state index is 11.7.